The van der Waals surface area contributed by atoms with Gasteiger partial charge in [0.05, 0.1) is 18.8 Å². The number of rotatable bonds is 7. The molecular formula is C19H36IN3O3. The topological polar surface area (TPSA) is 55.3 Å². The van der Waals surface area contributed by atoms with Crippen LogP contribution in [0.25, 0.3) is 0 Å². The van der Waals surface area contributed by atoms with E-state index in [1.54, 1.807) is 0 Å². The average molecular weight is 481 g/mol. The van der Waals surface area contributed by atoms with E-state index >= 15 is 0 Å². The summed E-state index contributed by atoms with van der Waals surface area (Å²) >= 11 is 0. The Balaban J connectivity index is 0.00000243. The van der Waals surface area contributed by atoms with Crippen LogP contribution in [0.4, 0.5) is 0 Å². The maximum Gasteiger partial charge on any atom is 0.194 e. The highest BCUT2D eigenvalue weighted by Crippen LogP contribution is 2.22. The van der Waals surface area contributed by atoms with Crippen molar-refractivity contribution in [2.24, 2.45) is 4.99 Å². The van der Waals surface area contributed by atoms with Crippen molar-refractivity contribution in [3.05, 3.63) is 0 Å². The summed E-state index contributed by atoms with van der Waals surface area (Å²) in [5, 5.41) is 3.43. The Hall–Kier alpha value is -0.120. The van der Waals surface area contributed by atoms with Crippen LogP contribution in [0, 0.1) is 0 Å². The Labute approximate surface area is 175 Å². The second-order valence-corrected chi connectivity index (χ2v) is 7.27. The van der Waals surface area contributed by atoms with E-state index in [1.807, 2.05) is 0 Å². The third-order valence-electron chi connectivity index (χ3n) is 5.33. The normalized spacial score (nSPS) is 27.6. The average Bonchev–Trinajstić information content (AvgIpc) is 3.34. The predicted molar refractivity (Wildman–Crippen MR) is 115 cm³/mol. The molecule has 152 valence electrons. The maximum atomic E-state index is 5.95. The summed E-state index contributed by atoms with van der Waals surface area (Å²) in [6.45, 7) is 8.05. The van der Waals surface area contributed by atoms with Crippen LogP contribution in [-0.4, -0.2) is 75.2 Å². The largest absolute Gasteiger partial charge is 0.378 e. The fourth-order valence-electron chi connectivity index (χ4n) is 3.97. The lowest BCUT2D eigenvalue weighted by atomic mass is 10.1. The molecule has 0 aromatic rings. The number of halogens is 1. The fourth-order valence-corrected chi connectivity index (χ4v) is 3.97. The van der Waals surface area contributed by atoms with E-state index in [2.05, 4.69) is 17.1 Å². The SMILES string of the molecule is CCNC(=NCCCOC1CCCC1)N1CCOC(C2CCCO2)C1.I. The van der Waals surface area contributed by atoms with Gasteiger partial charge in [-0.15, -0.1) is 24.0 Å². The fraction of sp³-hybridized carbons (Fsp3) is 0.947. The van der Waals surface area contributed by atoms with Gasteiger partial charge >= 0.3 is 0 Å². The van der Waals surface area contributed by atoms with E-state index in [4.69, 9.17) is 19.2 Å². The van der Waals surface area contributed by atoms with Crippen LogP contribution in [0.1, 0.15) is 51.9 Å². The van der Waals surface area contributed by atoms with Crippen LogP contribution in [-0.2, 0) is 14.2 Å². The molecule has 1 saturated carbocycles. The van der Waals surface area contributed by atoms with E-state index in [9.17, 15) is 0 Å². The van der Waals surface area contributed by atoms with Crippen molar-refractivity contribution in [2.45, 2.75) is 70.2 Å². The van der Waals surface area contributed by atoms with Gasteiger partial charge in [0.2, 0.25) is 0 Å². The van der Waals surface area contributed by atoms with E-state index in [-0.39, 0.29) is 36.2 Å². The van der Waals surface area contributed by atoms with E-state index in [0.29, 0.717) is 6.10 Å². The highest BCUT2D eigenvalue weighted by Gasteiger charge is 2.32. The minimum Gasteiger partial charge on any atom is -0.378 e. The second kappa shape index (κ2) is 12.4. The van der Waals surface area contributed by atoms with Crippen LogP contribution >= 0.6 is 24.0 Å². The first-order chi connectivity index (χ1) is 12.4. The first-order valence-electron chi connectivity index (χ1n) is 10.2. The molecule has 3 rings (SSSR count). The van der Waals surface area contributed by atoms with Gasteiger partial charge in [0, 0.05) is 39.4 Å². The van der Waals surface area contributed by atoms with Crippen molar-refractivity contribution in [3.8, 4) is 0 Å². The molecule has 0 aromatic carbocycles. The molecule has 2 saturated heterocycles. The van der Waals surface area contributed by atoms with E-state index in [0.717, 1.165) is 71.2 Å². The molecule has 1 N–H and O–H groups in total. The first-order valence-corrected chi connectivity index (χ1v) is 10.2. The Morgan fingerprint density at radius 1 is 1.12 bits per heavy atom. The summed E-state index contributed by atoms with van der Waals surface area (Å²) in [7, 11) is 0. The zero-order chi connectivity index (χ0) is 17.3. The molecule has 1 aliphatic carbocycles. The van der Waals surface area contributed by atoms with Crippen molar-refractivity contribution in [2.75, 3.05) is 46.0 Å². The number of morpholine rings is 1. The molecule has 0 bridgehead atoms. The highest BCUT2D eigenvalue weighted by molar-refractivity contribution is 14.0. The number of ether oxygens (including phenoxy) is 3. The van der Waals surface area contributed by atoms with Crippen molar-refractivity contribution in [3.63, 3.8) is 0 Å². The number of hydrogen-bond acceptors (Lipinski definition) is 4. The number of nitrogens with zero attached hydrogens (tertiary/aromatic N) is 2. The third-order valence-corrected chi connectivity index (χ3v) is 5.33. The molecule has 0 radical (unpaired) electrons. The zero-order valence-corrected chi connectivity index (χ0v) is 18.5. The van der Waals surface area contributed by atoms with Crippen molar-refractivity contribution < 1.29 is 14.2 Å². The summed E-state index contributed by atoms with van der Waals surface area (Å²) in [4.78, 5) is 7.15. The summed E-state index contributed by atoms with van der Waals surface area (Å²) in [5.74, 6) is 1.01. The van der Waals surface area contributed by atoms with Crippen molar-refractivity contribution in [1.82, 2.24) is 10.2 Å². The Morgan fingerprint density at radius 2 is 1.92 bits per heavy atom. The van der Waals surface area contributed by atoms with Gasteiger partial charge in [0.15, 0.2) is 5.96 Å². The zero-order valence-electron chi connectivity index (χ0n) is 16.2. The molecule has 26 heavy (non-hydrogen) atoms. The molecule has 0 aromatic heterocycles. The molecule has 7 heteroatoms. The van der Waals surface area contributed by atoms with Gasteiger partial charge in [0.25, 0.3) is 0 Å². The molecule has 0 spiro atoms. The molecule has 3 fully saturated rings. The van der Waals surface area contributed by atoms with E-state index < -0.39 is 0 Å². The van der Waals surface area contributed by atoms with Crippen LogP contribution in [0.3, 0.4) is 0 Å². The van der Waals surface area contributed by atoms with Crippen LogP contribution in [0.2, 0.25) is 0 Å². The first kappa shape index (κ1) is 22.2. The van der Waals surface area contributed by atoms with Gasteiger partial charge in [-0.1, -0.05) is 12.8 Å². The molecule has 2 atom stereocenters. The third kappa shape index (κ3) is 6.80. The summed E-state index contributed by atoms with van der Waals surface area (Å²) in [6, 6.07) is 0. The lowest BCUT2D eigenvalue weighted by Gasteiger charge is -2.37. The van der Waals surface area contributed by atoms with E-state index in [1.165, 1.54) is 25.7 Å². The predicted octanol–water partition coefficient (Wildman–Crippen LogP) is 2.80. The van der Waals surface area contributed by atoms with Gasteiger partial charge in [-0.05, 0) is 39.0 Å². The summed E-state index contributed by atoms with van der Waals surface area (Å²) in [6.07, 6.45) is 9.33. The van der Waals surface area contributed by atoms with Crippen LogP contribution < -0.4 is 5.32 Å². The van der Waals surface area contributed by atoms with Gasteiger partial charge in [-0.2, -0.15) is 0 Å². The smallest absolute Gasteiger partial charge is 0.194 e. The number of guanidine groups is 1. The van der Waals surface area contributed by atoms with Gasteiger partial charge in [-0.3, -0.25) is 4.99 Å². The Bertz CT molecular complexity index is 413. The minimum absolute atomic E-state index is 0. The molecule has 3 aliphatic rings. The molecule has 2 unspecified atom stereocenters. The van der Waals surface area contributed by atoms with Crippen LogP contribution in [0.5, 0.6) is 0 Å². The molecular weight excluding hydrogens is 445 g/mol. The summed E-state index contributed by atoms with van der Waals surface area (Å²) < 4.78 is 17.7. The number of hydrogen-bond donors (Lipinski definition) is 1. The van der Waals surface area contributed by atoms with Gasteiger partial charge in [0.1, 0.15) is 6.10 Å². The van der Waals surface area contributed by atoms with Crippen molar-refractivity contribution in [1.29, 1.82) is 0 Å². The number of aliphatic imine (C=N–C) groups is 1. The minimum atomic E-state index is 0. The lowest BCUT2D eigenvalue weighted by Crippen LogP contribution is -2.53. The molecule has 2 heterocycles. The highest BCUT2D eigenvalue weighted by atomic mass is 127. The summed E-state index contributed by atoms with van der Waals surface area (Å²) in [5.41, 5.74) is 0. The Morgan fingerprint density at radius 3 is 2.65 bits per heavy atom. The lowest BCUT2D eigenvalue weighted by molar-refractivity contribution is -0.0817. The quantitative estimate of drug-likeness (QED) is 0.262. The monoisotopic (exact) mass is 481 g/mol. The molecule has 2 aliphatic heterocycles. The van der Waals surface area contributed by atoms with Crippen molar-refractivity contribution >= 4 is 29.9 Å². The molecule has 0 amide bonds. The maximum absolute atomic E-state index is 5.95. The second-order valence-electron chi connectivity index (χ2n) is 7.27. The van der Waals surface area contributed by atoms with Gasteiger partial charge in [-0.25, -0.2) is 0 Å². The number of nitrogens with one attached hydrogen (secondary N) is 1. The Kier molecular flexibility index (Phi) is 10.5. The molecule has 6 nitrogen and oxygen atoms in total. The standard InChI is InChI=1S/C19H35N3O3.HI/c1-2-20-19(21-10-6-13-23-16-7-3-4-8-16)22-11-14-25-18(15-22)17-9-5-12-24-17;/h16-18H,2-15H2,1H3,(H,20,21);1H. The van der Waals surface area contributed by atoms with Gasteiger partial charge < -0.3 is 24.4 Å². The van der Waals surface area contributed by atoms with Crippen LogP contribution in [0.15, 0.2) is 4.99 Å².